The molecule has 2 heterocycles. The lowest BCUT2D eigenvalue weighted by molar-refractivity contribution is -0.0829. The molecule has 0 aromatic carbocycles. The number of hydrogen-bond donors (Lipinski definition) is 1. The van der Waals surface area contributed by atoms with Crippen LogP contribution in [0.4, 0.5) is 4.79 Å². The molecule has 5 nitrogen and oxygen atoms in total. The van der Waals surface area contributed by atoms with Gasteiger partial charge in [0, 0.05) is 19.1 Å². The predicted octanol–water partition coefficient (Wildman–Crippen LogP) is 2.15. The molecule has 2 aliphatic rings. The van der Waals surface area contributed by atoms with Crippen LogP contribution in [-0.4, -0.2) is 54.5 Å². The molecule has 1 spiro atoms. The van der Waals surface area contributed by atoms with Crippen molar-refractivity contribution in [3.8, 4) is 0 Å². The van der Waals surface area contributed by atoms with Gasteiger partial charge >= 0.3 is 6.09 Å². The smallest absolute Gasteiger partial charge is 0.410 e. The van der Waals surface area contributed by atoms with Gasteiger partial charge in [0.15, 0.2) is 0 Å². The number of carbonyl (C=O) groups excluding carboxylic acids is 1. The van der Waals surface area contributed by atoms with Crippen LogP contribution in [0.2, 0.25) is 0 Å². The van der Waals surface area contributed by atoms with Crippen molar-refractivity contribution in [2.45, 2.75) is 64.2 Å². The second kappa shape index (κ2) is 5.90. The molecular weight excluding hydrogens is 256 g/mol. The van der Waals surface area contributed by atoms with Gasteiger partial charge < -0.3 is 19.7 Å². The van der Waals surface area contributed by atoms with Gasteiger partial charge in [-0.25, -0.2) is 4.79 Å². The van der Waals surface area contributed by atoms with Crippen LogP contribution < -0.4 is 5.32 Å². The first-order valence-electron chi connectivity index (χ1n) is 7.65. The normalized spacial score (nSPS) is 27.2. The van der Waals surface area contributed by atoms with Crippen molar-refractivity contribution in [2.75, 3.05) is 26.2 Å². The summed E-state index contributed by atoms with van der Waals surface area (Å²) in [6, 6.07) is 0.415. The molecule has 20 heavy (non-hydrogen) atoms. The molecule has 1 unspecified atom stereocenters. The zero-order valence-corrected chi connectivity index (χ0v) is 13.2. The van der Waals surface area contributed by atoms with Crippen molar-refractivity contribution >= 4 is 6.09 Å². The fraction of sp³-hybridized carbons (Fsp3) is 0.933. The summed E-state index contributed by atoms with van der Waals surface area (Å²) in [5.74, 6) is 0. The maximum atomic E-state index is 12.1. The van der Waals surface area contributed by atoms with Crippen LogP contribution in [-0.2, 0) is 9.47 Å². The Balaban J connectivity index is 1.87. The average Bonchev–Trinajstić information content (AvgIpc) is 2.51. The van der Waals surface area contributed by atoms with E-state index in [0.717, 1.165) is 45.5 Å². The van der Waals surface area contributed by atoms with E-state index in [9.17, 15) is 4.79 Å². The van der Waals surface area contributed by atoms with Gasteiger partial charge in [0.25, 0.3) is 0 Å². The highest BCUT2D eigenvalue weighted by Crippen LogP contribution is 2.31. The Morgan fingerprint density at radius 1 is 1.30 bits per heavy atom. The molecule has 0 radical (unpaired) electrons. The van der Waals surface area contributed by atoms with E-state index in [0.29, 0.717) is 6.04 Å². The Morgan fingerprint density at radius 3 is 2.55 bits per heavy atom. The highest BCUT2D eigenvalue weighted by molar-refractivity contribution is 5.68. The van der Waals surface area contributed by atoms with E-state index in [2.05, 4.69) is 12.2 Å². The third-order valence-electron chi connectivity index (χ3n) is 4.04. The van der Waals surface area contributed by atoms with Gasteiger partial charge in [0.2, 0.25) is 0 Å². The Kier molecular flexibility index (Phi) is 4.59. The van der Waals surface area contributed by atoms with E-state index < -0.39 is 5.60 Å². The molecule has 2 rings (SSSR count). The van der Waals surface area contributed by atoms with Gasteiger partial charge in [-0.15, -0.1) is 0 Å². The Labute approximate surface area is 122 Å². The summed E-state index contributed by atoms with van der Waals surface area (Å²) in [6.45, 7) is 11.1. The number of ether oxygens (including phenoxy) is 2. The van der Waals surface area contributed by atoms with Crippen LogP contribution >= 0.6 is 0 Å². The third kappa shape index (κ3) is 4.09. The minimum atomic E-state index is -0.426. The van der Waals surface area contributed by atoms with E-state index in [1.165, 1.54) is 0 Å². The van der Waals surface area contributed by atoms with E-state index in [4.69, 9.17) is 9.47 Å². The summed E-state index contributed by atoms with van der Waals surface area (Å²) in [4.78, 5) is 13.9. The molecule has 1 atom stereocenters. The van der Waals surface area contributed by atoms with Crippen molar-refractivity contribution in [1.82, 2.24) is 10.2 Å². The molecule has 116 valence electrons. The molecule has 5 heteroatoms. The van der Waals surface area contributed by atoms with Crippen molar-refractivity contribution < 1.29 is 14.3 Å². The number of rotatable bonds is 0. The van der Waals surface area contributed by atoms with E-state index in [1.54, 1.807) is 0 Å². The van der Waals surface area contributed by atoms with Crippen LogP contribution in [0.25, 0.3) is 0 Å². The molecular formula is C15H28N2O3. The first-order chi connectivity index (χ1) is 9.30. The van der Waals surface area contributed by atoms with E-state index in [1.807, 2.05) is 25.7 Å². The highest BCUT2D eigenvalue weighted by atomic mass is 16.6. The zero-order chi connectivity index (χ0) is 14.8. The number of likely N-dealkylation sites (tertiary alicyclic amines) is 1. The second-order valence-corrected chi connectivity index (χ2v) is 7.07. The topological polar surface area (TPSA) is 50.8 Å². The Hall–Kier alpha value is -0.810. The van der Waals surface area contributed by atoms with Crippen molar-refractivity contribution in [3.05, 3.63) is 0 Å². The Bertz CT molecular complexity index is 344. The minimum absolute atomic E-state index is 0.0454. The summed E-state index contributed by atoms with van der Waals surface area (Å²) in [5.41, 5.74) is -0.472. The number of hydrogen-bond acceptors (Lipinski definition) is 4. The highest BCUT2D eigenvalue weighted by Gasteiger charge is 2.38. The van der Waals surface area contributed by atoms with Crippen LogP contribution in [0, 0.1) is 0 Å². The van der Waals surface area contributed by atoms with Crippen LogP contribution in [0.15, 0.2) is 0 Å². The standard InChI is InChI=1S/C15H28N2O3/c1-12-11-19-15(5-8-16-12)6-9-17(10-7-15)13(18)20-14(2,3)4/h12,16H,5-11H2,1-4H3. The Morgan fingerprint density at radius 2 is 1.95 bits per heavy atom. The predicted molar refractivity (Wildman–Crippen MR) is 77.8 cm³/mol. The molecule has 0 saturated carbocycles. The molecule has 1 amide bonds. The summed E-state index contributed by atoms with van der Waals surface area (Å²) < 4.78 is 11.6. The maximum absolute atomic E-state index is 12.1. The van der Waals surface area contributed by atoms with Gasteiger partial charge in [0.1, 0.15) is 5.60 Å². The van der Waals surface area contributed by atoms with E-state index >= 15 is 0 Å². The van der Waals surface area contributed by atoms with Gasteiger partial charge in [-0.2, -0.15) is 0 Å². The first kappa shape index (κ1) is 15.6. The van der Waals surface area contributed by atoms with Gasteiger partial charge in [-0.05, 0) is 53.5 Å². The number of nitrogens with one attached hydrogen (secondary N) is 1. The molecule has 0 aromatic rings. The number of amides is 1. The van der Waals surface area contributed by atoms with Gasteiger partial charge in [-0.1, -0.05) is 0 Å². The van der Waals surface area contributed by atoms with Crippen molar-refractivity contribution in [3.63, 3.8) is 0 Å². The molecule has 0 bridgehead atoms. The lowest BCUT2D eigenvalue weighted by Crippen LogP contribution is -2.49. The minimum Gasteiger partial charge on any atom is -0.444 e. The summed E-state index contributed by atoms with van der Waals surface area (Å²) in [5, 5.41) is 3.45. The molecule has 1 N–H and O–H groups in total. The molecule has 2 fully saturated rings. The summed E-state index contributed by atoms with van der Waals surface area (Å²) in [6.07, 6.45) is 2.63. The number of nitrogens with zero attached hydrogens (tertiary/aromatic N) is 1. The molecule has 0 aliphatic carbocycles. The lowest BCUT2D eigenvalue weighted by Gasteiger charge is -2.41. The quantitative estimate of drug-likeness (QED) is 0.740. The number of carbonyl (C=O) groups is 1. The fourth-order valence-electron chi connectivity index (χ4n) is 2.80. The average molecular weight is 284 g/mol. The van der Waals surface area contributed by atoms with Crippen molar-refractivity contribution in [1.29, 1.82) is 0 Å². The SMILES string of the molecule is CC1COC2(CCN1)CCN(C(=O)OC(C)(C)C)CC2. The number of piperidine rings is 1. The van der Waals surface area contributed by atoms with Crippen LogP contribution in [0.5, 0.6) is 0 Å². The third-order valence-corrected chi connectivity index (χ3v) is 4.04. The van der Waals surface area contributed by atoms with Crippen LogP contribution in [0.3, 0.4) is 0 Å². The van der Waals surface area contributed by atoms with Gasteiger partial charge in [0.05, 0.1) is 12.2 Å². The molecule has 2 saturated heterocycles. The summed E-state index contributed by atoms with van der Waals surface area (Å²) in [7, 11) is 0. The largest absolute Gasteiger partial charge is 0.444 e. The molecule has 2 aliphatic heterocycles. The zero-order valence-electron chi connectivity index (χ0n) is 13.2. The first-order valence-corrected chi connectivity index (χ1v) is 7.65. The van der Waals surface area contributed by atoms with E-state index in [-0.39, 0.29) is 11.7 Å². The maximum Gasteiger partial charge on any atom is 0.410 e. The second-order valence-electron chi connectivity index (χ2n) is 7.07. The molecule has 0 aromatic heterocycles. The van der Waals surface area contributed by atoms with Gasteiger partial charge in [-0.3, -0.25) is 0 Å². The summed E-state index contributed by atoms with van der Waals surface area (Å²) >= 11 is 0. The van der Waals surface area contributed by atoms with Crippen molar-refractivity contribution in [2.24, 2.45) is 0 Å². The lowest BCUT2D eigenvalue weighted by atomic mass is 9.88. The fourth-order valence-corrected chi connectivity index (χ4v) is 2.80. The monoisotopic (exact) mass is 284 g/mol. The van der Waals surface area contributed by atoms with Crippen LogP contribution in [0.1, 0.15) is 47.0 Å².